The Morgan fingerprint density at radius 2 is 1.93 bits per heavy atom. The van der Waals surface area contributed by atoms with Crippen molar-refractivity contribution in [2.45, 2.75) is 51.0 Å². The van der Waals surface area contributed by atoms with Crippen molar-refractivity contribution in [2.24, 2.45) is 0 Å². The maximum atomic E-state index is 13.3. The molecule has 2 aromatic carbocycles. The maximum Gasteiger partial charge on any atom is 0.245 e. The monoisotopic (exact) mass is 428 g/mol. The normalized spacial score (nSPS) is 15.6. The van der Waals surface area contributed by atoms with Crippen LogP contribution in [0.5, 0.6) is 0 Å². The molecule has 0 radical (unpaired) electrons. The van der Waals surface area contributed by atoms with Crippen molar-refractivity contribution in [1.29, 1.82) is 0 Å². The van der Waals surface area contributed by atoms with E-state index >= 15 is 0 Å². The van der Waals surface area contributed by atoms with Gasteiger partial charge in [-0.1, -0.05) is 49.4 Å². The second kappa shape index (κ2) is 10.6. The molecule has 2 aromatic rings. The molecule has 0 saturated carbocycles. The zero-order chi connectivity index (χ0) is 21.5. The standard InChI is InChI=1S/C25H30ClFN2O/c1-3-24(28-18(2)7-8-19-5-4-6-23(27)17-19)25(30)29-15-13-21(14-16-29)20-9-11-22(26)12-10-20/h4-6,9-12,17,21,24,28H,2-3,7-8,13-16H2,1H3. The van der Waals surface area contributed by atoms with Crippen molar-refractivity contribution >= 4 is 17.5 Å². The number of aryl methyl sites for hydroxylation is 1. The molecule has 1 aliphatic rings. The van der Waals surface area contributed by atoms with Crippen LogP contribution in [0, 0.1) is 5.82 Å². The number of carbonyl (C=O) groups excluding carboxylic acids is 1. The van der Waals surface area contributed by atoms with Crippen LogP contribution in [0.2, 0.25) is 5.02 Å². The lowest BCUT2D eigenvalue weighted by atomic mass is 9.89. The molecule has 0 bridgehead atoms. The van der Waals surface area contributed by atoms with Gasteiger partial charge in [-0.3, -0.25) is 4.79 Å². The van der Waals surface area contributed by atoms with Gasteiger partial charge in [0.1, 0.15) is 11.9 Å². The van der Waals surface area contributed by atoms with E-state index in [1.807, 2.05) is 30.0 Å². The van der Waals surface area contributed by atoms with E-state index in [1.54, 1.807) is 12.1 Å². The molecule has 1 amide bonds. The van der Waals surface area contributed by atoms with E-state index in [2.05, 4.69) is 24.0 Å². The van der Waals surface area contributed by atoms with E-state index in [4.69, 9.17) is 11.6 Å². The Kier molecular flexibility index (Phi) is 7.92. The van der Waals surface area contributed by atoms with Gasteiger partial charge in [-0.2, -0.15) is 0 Å². The smallest absolute Gasteiger partial charge is 0.245 e. The molecule has 1 unspecified atom stereocenters. The number of halogens is 2. The number of piperidine rings is 1. The predicted molar refractivity (Wildman–Crippen MR) is 121 cm³/mol. The summed E-state index contributed by atoms with van der Waals surface area (Å²) in [7, 11) is 0. The van der Waals surface area contributed by atoms with Crippen molar-refractivity contribution < 1.29 is 9.18 Å². The molecular formula is C25H30ClFN2O. The second-order valence-electron chi connectivity index (χ2n) is 7.99. The molecular weight excluding hydrogens is 399 g/mol. The van der Waals surface area contributed by atoms with Crippen molar-refractivity contribution in [3.63, 3.8) is 0 Å². The maximum absolute atomic E-state index is 13.3. The van der Waals surface area contributed by atoms with Crippen molar-refractivity contribution in [3.05, 3.63) is 82.8 Å². The second-order valence-corrected chi connectivity index (χ2v) is 8.43. The fourth-order valence-electron chi connectivity index (χ4n) is 4.03. The van der Waals surface area contributed by atoms with Gasteiger partial charge in [0.2, 0.25) is 5.91 Å². The van der Waals surface area contributed by atoms with Crippen LogP contribution in [0.25, 0.3) is 0 Å². The summed E-state index contributed by atoms with van der Waals surface area (Å²) < 4.78 is 13.3. The lowest BCUT2D eigenvalue weighted by molar-refractivity contribution is -0.134. The largest absolute Gasteiger partial charge is 0.378 e. The highest BCUT2D eigenvalue weighted by molar-refractivity contribution is 6.30. The van der Waals surface area contributed by atoms with Crippen molar-refractivity contribution in [3.8, 4) is 0 Å². The zero-order valence-electron chi connectivity index (χ0n) is 17.5. The summed E-state index contributed by atoms with van der Waals surface area (Å²) in [5.74, 6) is 0.384. The fourth-order valence-corrected chi connectivity index (χ4v) is 4.16. The van der Waals surface area contributed by atoms with Gasteiger partial charge in [-0.05, 0) is 73.4 Å². The molecule has 0 aromatic heterocycles. The lowest BCUT2D eigenvalue weighted by Crippen LogP contribution is -2.48. The number of carbonyl (C=O) groups is 1. The Balaban J connectivity index is 1.48. The Labute approximate surface area is 183 Å². The quantitative estimate of drug-likeness (QED) is 0.584. The number of likely N-dealkylation sites (tertiary alicyclic amines) is 1. The summed E-state index contributed by atoms with van der Waals surface area (Å²) in [4.78, 5) is 15.0. The van der Waals surface area contributed by atoms with Crippen LogP contribution < -0.4 is 5.32 Å². The Morgan fingerprint density at radius 3 is 2.57 bits per heavy atom. The van der Waals surface area contributed by atoms with Gasteiger partial charge in [0.25, 0.3) is 0 Å². The van der Waals surface area contributed by atoms with Gasteiger partial charge < -0.3 is 10.2 Å². The number of nitrogens with one attached hydrogen (secondary N) is 1. The summed E-state index contributed by atoms with van der Waals surface area (Å²) in [5.41, 5.74) is 3.04. The summed E-state index contributed by atoms with van der Waals surface area (Å²) in [6.07, 6.45) is 4.00. The number of hydrogen-bond acceptors (Lipinski definition) is 2. The zero-order valence-corrected chi connectivity index (χ0v) is 18.3. The molecule has 3 nitrogen and oxygen atoms in total. The first-order chi connectivity index (χ1) is 14.5. The summed E-state index contributed by atoms with van der Waals surface area (Å²) in [5, 5.41) is 4.05. The molecule has 1 atom stereocenters. The summed E-state index contributed by atoms with van der Waals surface area (Å²) in [6, 6.07) is 14.4. The highest BCUT2D eigenvalue weighted by atomic mass is 35.5. The predicted octanol–water partition coefficient (Wildman–Crippen LogP) is 5.70. The number of hydrogen-bond donors (Lipinski definition) is 1. The molecule has 5 heteroatoms. The number of amides is 1. The van der Waals surface area contributed by atoms with Crippen LogP contribution in [0.1, 0.15) is 49.7 Å². The topological polar surface area (TPSA) is 32.3 Å². The van der Waals surface area contributed by atoms with E-state index in [1.165, 1.54) is 11.6 Å². The average molecular weight is 429 g/mol. The fraction of sp³-hybridized carbons (Fsp3) is 0.400. The molecule has 1 saturated heterocycles. The third-order valence-corrected chi connectivity index (χ3v) is 6.09. The first-order valence-electron chi connectivity index (χ1n) is 10.7. The average Bonchev–Trinajstić information content (AvgIpc) is 2.76. The SMILES string of the molecule is C=C(CCc1cccc(F)c1)NC(CC)C(=O)N1CCC(c2ccc(Cl)cc2)CC1. The van der Waals surface area contributed by atoms with Crippen LogP contribution in [-0.2, 0) is 11.2 Å². The van der Waals surface area contributed by atoms with E-state index in [0.717, 1.165) is 42.2 Å². The molecule has 1 N–H and O–H groups in total. The molecule has 1 heterocycles. The van der Waals surface area contributed by atoms with Crippen LogP contribution in [0.3, 0.4) is 0 Å². The van der Waals surface area contributed by atoms with Crippen molar-refractivity contribution in [2.75, 3.05) is 13.1 Å². The van der Waals surface area contributed by atoms with Crippen LogP contribution >= 0.6 is 11.6 Å². The lowest BCUT2D eigenvalue weighted by Gasteiger charge is -2.35. The Bertz CT molecular complexity index is 860. The van der Waals surface area contributed by atoms with Crippen LogP contribution in [0.15, 0.2) is 60.8 Å². The number of benzene rings is 2. The summed E-state index contributed by atoms with van der Waals surface area (Å²) >= 11 is 5.99. The minimum absolute atomic E-state index is 0.138. The molecule has 30 heavy (non-hydrogen) atoms. The minimum atomic E-state index is -0.267. The van der Waals surface area contributed by atoms with Crippen LogP contribution in [-0.4, -0.2) is 29.9 Å². The first-order valence-corrected chi connectivity index (χ1v) is 11.1. The van der Waals surface area contributed by atoms with E-state index in [-0.39, 0.29) is 17.8 Å². The van der Waals surface area contributed by atoms with E-state index in [0.29, 0.717) is 25.2 Å². The molecule has 0 spiro atoms. The number of rotatable bonds is 8. The summed E-state index contributed by atoms with van der Waals surface area (Å²) in [6.45, 7) is 7.62. The van der Waals surface area contributed by atoms with Crippen molar-refractivity contribution in [1.82, 2.24) is 10.2 Å². The molecule has 160 valence electrons. The van der Waals surface area contributed by atoms with Gasteiger partial charge in [0.05, 0.1) is 0 Å². The molecule has 0 aliphatic carbocycles. The van der Waals surface area contributed by atoms with E-state index in [9.17, 15) is 9.18 Å². The first kappa shape index (κ1) is 22.4. The number of allylic oxidation sites excluding steroid dienone is 1. The third-order valence-electron chi connectivity index (χ3n) is 5.84. The van der Waals surface area contributed by atoms with Gasteiger partial charge in [-0.15, -0.1) is 0 Å². The van der Waals surface area contributed by atoms with Crippen LogP contribution in [0.4, 0.5) is 4.39 Å². The Morgan fingerprint density at radius 1 is 1.23 bits per heavy atom. The molecule has 1 fully saturated rings. The number of nitrogens with zero attached hydrogens (tertiary/aromatic N) is 1. The van der Waals surface area contributed by atoms with Gasteiger partial charge >= 0.3 is 0 Å². The highest BCUT2D eigenvalue weighted by Crippen LogP contribution is 2.29. The van der Waals surface area contributed by atoms with Gasteiger partial charge in [-0.25, -0.2) is 4.39 Å². The van der Waals surface area contributed by atoms with E-state index < -0.39 is 0 Å². The molecule has 1 aliphatic heterocycles. The van der Waals surface area contributed by atoms with Gasteiger partial charge in [0.15, 0.2) is 0 Å². The minimum Gasteiger partial charge on any atom is -0.378 e. The Hall–Kier alpha value is -2.33. The molecule has 3 rings (SSSR count). The van der Waals surface area contributed by atoms with Gasteiger partial charge in [0, 0.05) is 23.8 Å². The highest BCUT2D eigenvalue weighted by Gasteiger charge is 2.28. The third kappa shape index (κ3) is 6.09.